The second kappa shape index (κ2) is 6.54. The third-order valence-electron chi connectivity index (χ3n) is 4.17. The van der Waals surface area contributed by atoms with E-state index in [1.54, 1.807) is 36.5 Å². The van der Waals surface area contributed by atoms with Gasteiger partial charge in [0, 0.05) is 18.3 Å². The summed E-state index contributed by atoms with van der Waals surface area (Å²) in [5.41, 5.74) is -0.0361. The normalized spacial score (nSPS) is 19.7. The molecule has 1 N–H and O–H groups in total. The number of rotatable bonds is 3. The Morgan fingerprint density at radius 1 is 1.33 bits per heavy atom. The fourth-order valence-corrected chi connectivity index (χ4v) is 3.21. The molecular formula is C18H15Cl2FN2O. The predicted octanol–water partition coefficient (Wildman–Crippen LogP) is 4.68. The van der Waals surface area contributed by atoms with Crippen LogP contribution in [0.1, 0.15) is 29.7 Å². The number of carbonyl (C=O) groups excluding carboxylic acids is 1. The number of fused-ring (bicyclic) bond motifs is 1. The first kappa shape index (κ1) is 16.9. The minimum atomic E-state index is -2.13. The molecular weight excluding hydrogens is 350 g/mol. The Balaban J connectivity index is 1.84. The van der Waals surface area contributed by atoms with Crippen LogP contribution in [0.3, 0.4) is 0 Å². The van der Waals surface area contributed by atoms with E-state index in [4.69, 9.17) is 23.2 Å². The average molecular weight is 365 g/mol. The number of pyridine rings is 1. The highest BCUT2D eigenvalue weighted by molar-refractivity contribution is 6.42. The van der Waals surface area contributed by atoms with E-state index in [0.29, 0.717) is 27.7 Å². The largest absolute Gasteiger partial charge is 0.349 e. The standard InChI is InChI=1S/C18H15Cl2FN2O/c1-11-7-8-18(21,13-5-3-9-22-16(11)13)17(24)23-10-12-4-2-6-14(19)15(12)20/h2-6,9H,1,7-8,10H2,(H,23,24)/t18-/m0/s1. The Kier molecular flexibility index (Phi) is 4.61. The second-order valence-corrected chi connectivity index (χ2v) is 6.49. The van der Waals surface area contributed by atoms with E-state index in [1.165, 1.54) is 0 Å². The van der Waals surface area contributed by atoms with Crippen molar-refractivity contribution in [1.82, 2.24) is 10.3 Å². The number of nitrogens with one attached hydrogen (secondary N) is 1. The van der Waals surface area contributed by atoms with Gasteiger partial charge in [0.25, 0.3) is 5.91 Å². The van der Waals surface area contributed by atoms with Crippen LogP contribution in [0.4, 0.5) is 4.39 Å². The number of aromatic nitrogens is 1. The Morgan fingerprint density at radius 2 is 2.12 bits per heavy atom. The highest BCUT2D eigenvalue weighted by atomic mass is 35.5. The molecule has 3 nitrogen and oxygen atoms in total. The number of alkyl halides is 1. The Bertz CT molecular complexity index is 824. The number of hydrogen-bond donors (Lipinski definition) is 1. The molecule has 0 saturated carbocycles. The molecule has 0 saturated heterocycles. The number of hydrogen-bond acceptors (Lipinski definition) is 2. The number of allylic oxidation sites excluding steroid dienone is 1. The number of benzene rings is 1. The van der Waals surface area contributed by atoms with Crippen LogP contribution in [0.5, 0.6) is 0 Å². The van der Waals surface area contributed by atoms with Gasteiger partial charge in [-0.3, -0.25) is 9.78 Å². The third kappa shape index (κ3) is 2.92. The van der Waals surface area contributed by atoms with Crippen LogP contribution in [0.25, 0.3) is 5.57 Å². The SMILES string of the molecule is C=C1CC[C@@](F)(C(=O)NCc2cccc(Cl)c2Cl)c2cccnc21. The van der Waals surface area contributed by atoms with E-state index in [9.17, 15) is 4.79 Å². The Hall–Kier alpha value is -1.91. The molecule has 1 aromatic carbocycles. The molecule has 0 unspecified atom stereocenters. The summed E-state index contributed by atoms with van der Waals surface area (Å²) in [5.74, 6) is -0.708. The van der Waals surface area contributed by atoms with Gasteiger partial charge in [-0.25, -0.2) is 4.39 Å². The van der Waals surface area contributed by atoms with Crippen molar-refractivity contribution in [3.63, 3.8) is 0 Å². The van der Waals surface area contributed by atoms with Gasteiger partial charge in [0.05, 0.1) is 15.7 Å². The predicted molar refractivity (Wildman–Crippen MR) is 93.6 cm³/mol. The molecule has 0 bridgehead atoms. The van der Waals surface area contributed by atoms with Crippen LogP contribution in [-0.2, 0) is 17.0 Å². The summed E-state index contributed by atoms with van der Waals surface area (Å²) in [6.07, 6.45) is 1.99. The van der Waals surface area contributed by atoms with Gasteiger partial charge in [-0.05, 0) is 36.1 Å². The molecule has 1 aliphatic carbocycles. The molecule has 1 atom stereocenters. The maximum atomic E-state index is 15.5. The van der Waals surface area contributed by atoms with Crippen molar-refractivity contribution in [3.05, 3.63) is 70.0 Å². The van der Waals surface area contributed by atoms with E-state index in [2.05, 4.69) is 16.9 Å². The molecule has 6 heteroatoms. The smallest absolute Gasteiger partial charge is 0.262 e. The fourth-order valence-electron chi connectivity index (χ4n) is 2.82. The van der Waals surface area contributed by atoms with Gasteiger partial charge in [0.15, 0.2) is 0 Å². The number of halogens is 3. The van der Waals surface area contributed by atoms with Gasteiger partial charge in [-0.1, -0.05) is 48.0 Å². The van der Waals surface area contributed by atoms with E-state index in [0.717, 1.165) is 5.57 Å². The van der Waals surface area contributed by atoms with Crippen LogP contribution < -0.4 is 5.32 Å². The monoisotopic (exact) mass is 364 g/mol. The first-order chi connectivity index (χ1) is 11.4. The minimum Gasteiger partial charge on any atom is -0.349 e. The summed E-state index contributed by atoms with van der Waals surface area (Å²) in [4.78, 5) is 16.7. The molecule has 3 rings (SSSR count). The highest BCUT2D eigenvalue weighted by Crippen LogP contribution is 2.42. The molecule has 1 aliphatic rings. The van der Waals surface area contributed by atoms with Crippen LogP contribution >= 0.6 is 23.2 Å². The lowest BCUT2D eigenvalue weighted by Crippen LogP contribution is -2.43. The average Bonchev–Trinajstić information content (AvgIpc) is 2.59. The maximum Gasteiger partial charge on any atom is 0.262 e. The van der Waals surface area contributed by atoms with Crippen molar-refractivity contribution in [2.75, 3.05) is 0 Å². The van der Waals surface area contributed by atoms with Gasteiger partial charge in [0.2, 0.25) is 5.67 Å². The van der Waals surface area contributed by atoms with Crippen molar-refractivity contribution in [1.29, 1.82) is 0 Å². The fraction of sp³-hybridized carbons (Fsp3) is 0.222. The van der Waals surface area contributed by atoms with Crippen LogP contribution in [0.2, 0.25) is 10.0 Å². The van der Waals surface area contributed by atoms with Crippen LogP contribution in [0.15, 0.2) is 43.1 Å². The zero-order valence-corrected chi connectivity index (χ0v) is 14.3. The highest BCUT2D eigenvalue weighted by Gasteiger charge is 2.45. The summed E-state index contributed by atoms with van der Waals surface area (Å²) in [5, 5.41) is 3.36. The summed E-state index contributed by atoms with van der Waals surface area (Å²) >= 11 is 12.1. The van der Waals surface area contributed by atoms with Gasteiger partial charge < -0.3 is 5.32 Å². The van der Waals surface area contributed by atoms with Gasteiger partial charge in [-0.15, -0.1) is 0 Å². The quantitative estimate of drug-likeness (QED) is 0.859. The lowest BCUT2D eigenvalue weighted by atomic mass is 9.80. The number of carbonyl (C=O) groups is 1. The molecule has 24 heavy (non-hydrogen) atoms. The zero-order valence-electron chi connectivity index (χ0n) is 12.8. The topological polar surface area (TPSA) is 42.0 Å². The number of amides is 1. The minimum absolute atomic E-state index is 0.0413. The molecule has 0 radical (unpaired) electrons. The van der Waals surface area contributed by atoms with E-state index in [1.807, 2.05) is 0 Å². The van der Waals surface area contributed by atoms with E-state index < -0.39 is 11.6 Å². The van der Waals surface area contributed by atoms with Crippen molar-refractivity contribution in [2.45, 2.75) is 25.1 Å². The van der Waals surface area contributed by atoms with E-state index in [-0.39, 0.29) is 18.5 Å². The van der Waals surface area contributed by atoms with Crippen molar-refractivity contribution in [3.8, 4) is 0 Å². The van der Waals surface area contributed by atoms with Crippen molar-refractivity contribution >= 4 is 34.7 Å². The lowest BCUT2D eigenvalue weighted by molar-refractivity contribution is -0.134. The molecule has 1 heterocycles. The van der Waals surface area contributed by atoms with Crippen LogP contribution in [-0.4, -0.2) is 10.9 Å². The first-order valence-corrected chi connectivity index (χ1v) is 8.23. The third-order valence-corrected chi connectivity index (χ3v) is 5.03. The zero-order chi connectivity index (χ0) is 17.3. The summed E-state index contributed by atoms with van der Waals surface area (Å²) < 4.78 is 15.5. The molecule has 2 aromatic rings. The van der Waals surface area contributed by atoms with E-state index >= 15 is 4.39 Å². The lowest BCUT2D eigenvalue weighted by Gasteiger charge is -2.31. The van der Waals surface area contributed by atoms with Gasteiger partial charge in [0.1, 0.15) is 0 Å². The number of nitrogens with zero attached hydrogens (tertiary/aromatic N) is 1. The maximum absolute atomic E-state index is 15.5. The molecule has 124 valence electrons. The summed E-state index contributed by atoms with van der Waals surface area (Å²) in [6.45, 7) is 4.00. The summed E-state index contributed by atoms with van der Waals surface area (Å²) in [7, 11) is 0. The van der Waals surface area contributed by atoms with Gasteiger partial charge >= 0.3 is 0 Å². The van der Waals surface area contributed by atoms with Gasteiger partial charge in [-0.2, -0.15) is 0 Å². The molecule has 0 spiro atoms. The van der Waals surface area contributed by atoms with Crippen molar-refractivity contribution < 1.29 is 9.18 Å². The Morgan fingerprint density at radius 3 is 2.92 bits per heavy atom. The van der Waals surface area contributed by atoms with Crippen LogP contribution in [0, 0.1) is 0 Å². The molecule has 1 amide bonds. The Labute approximate surface area is 149 Å². The van der Waals surface area contributed by atoms with Crippen molar-refractivity contribution in [2.24, 2.45) is 0 Å². The molecule has 1 aromatic heterocycles. The molecule has 0 aliphatic heterocycles. The first-order valence-electron chi connectivity index (χ1n) is 7.47. The summed E-state index contributed by atoms with van der Waals surface area (Å²) in [6, 6.07) is 8.31. The molecule has 0 fully saturated rings. The second-order valence-electron chi connectivity index (χ2n) is 5.70.